The molecule has 1 saturated carbocycles. The number of carbonyl (C=O) groups is 2. The largest absolute Gasteiger partial charge is 0.433 e. The number of allylic oxidation sites excluding steroid dienone is 1. The van der Waals surface area contributed by atoms with Gasteiger partial charge in [0.1, 0.15) is 5.71 Å². The zero-order valence-corrected chi connectivity index (χ0v) is 24.5. The molecule has 1 aliphatic carbocycles. The van der Waals surface area contributed by atoms with Crippen LogP contribution in [-0.4, -0.2) is 62.5 Å². The third-order valence-corrected chi connectivity index (χ3v) is 9.25. The van der Waals surface area contributed by atoms with E-state index in [-0.39, 0.29) is 29.7 Å². The fraction of sp³-hybridized carbons (Fsp3) is 0.485. The molecule has 3 aromatic rings. The number of rotatable bonds is 7. The third kappa shape index (κ3) is 6.01. The van der Waals surface area contributed by atoms with Crippen LogP contribution in [0.3, 0.4) is 0 Å². The van der Waals surface area contributed by atoms with E-state index in [1.807, 2.05) is 30.0 Å². The Balaban J connectivity index is 1.09. The summed E-state index contributed by atoms with van der Waals surface area (Å²) in [5.74, 6) is 1.49. The van der Waals surface area contributed by atoms with Crippen molar-refractivity contribution in [3.8, 4) is 0 Å². The SMILES string of the molecule is Cc1cc(Cc2nccn3c(C4=CCN=C4C(F)(F)F)cnc23)ccc1C(=O)CC1CCN(C(=O)[C@H]2CC[C@H](C)C2)CC1. The van der Waals surface area contributed by atoms with Crippen LogP contribution < -0.4 is 0 Å². The zero-order chi connectivity index (χ0) is 30.3. The number of nitrogens with zero attached hydrogens (tertiary/aromatic N) is 5. The van der Waals surface area contributed by atoms with Crippen LogP contribution >= 0.6 is 0 Å². The number of aromatic nitrogens is 3. The first-order chi connectivity index (χ1) is 20.6. The first kappa shape index (κ1) is 29.3. The second-order valence-corrected chi connectivity index (χ2v) is 12.4. The summed E-state index contributed by atoms with van der Waals surface area (Å²) < 4.78 is 42.1. The van der Waals surface area contributed by atoms with Gasteiger partial charge in [0, 0.05) is 55.4 Å². The van der Waals surface area contributed by atoms with Gasteiger partial charge in [-0.1, -0.05) is 31.2 Å². The quantitative estimate of drug-likeness (QED) is 0.303. The molecule has 7 nitrogen and oxygen atoms in total. The predicted molar refractivity (Wildman–Crippen MR) is 158 cm³/mol. The van der Waals surface area contributed by atoms with Crippen LogP contribution in [0.2, 0.25) is 0 Å². The van der Waals surface area contributed by atoms with Gasteiger partial charge in [0.15, 0.2) is 11.4 Å². The number of Topliss-reactive ketones (excluding diaryl/α,β-unsaturated/α-hetero) is 1. The maximum absolute atomic E-state index is 13.5. The number of alkyl halides is 3. The topological polar surface area (TPSA) is 79.9 Å². The van der Waals surface area contributed by atoms with E-state index in [1.54, 1.807) is 16.8 Å². The Morgan fingerprint density at radius 2 is 1.86 bits per heavy atom. The smallest absolute Gasteiger partial charge is 0.342 e. The Morgan fingerprint density at radius 1 is 1.07 bits per heavy atom. The molecule has 2 aliphatic heterocycles. The van der Waals surface area contributed by atoms with Crippen molar-refractivity contribution in [2.24, 2.45) is 22.7 Å². The molecule has 0 unspecified atom stereocenters. The van der Waals surface area contributed by atoms with Crippen molar-refractivity contribution in [2.45, 2.75) is 65.0 Å². The summed E-state index contributed by atoms with van der Waals surface area (Å²) in [6.45, 7) is 5.59. The van der Waals surface area contributed by atoms with Crippen LogP contribution in [0.5, 0.6) is 0 Å². The van der Waals surface area contributed by atoms with Crippen LogP contribution in [-0.2, 0) is 11.2 Å². The molecule has 2 fully saturated rings. The minimum Gasteiger partial charge on any atom is -0.342 e. The summed E-state index contributed by atoms with van der Waals surface area (Å²) in [6.07, 6.45) is 7.25. The molecule has 6 rings (SSSR count). The molecule has 0 radical (unpaired) electrons. The van der Waals surface area contributed by atoms with E-state index in [4.69, 9.17) is 0 Å². The molecule has 10 heteroatoms. The number of piperidine rings is 1. The van der Waals surface area contributed by atoms with Gasteiger partial charge in [-0.2, -0.15) is 13.2 Å². The fourth-order valence-corrected chi connectivity index (χ4v) is 6.94. The Labute approximate surface area is 248 Å². The summed E-state index contributed by atoms with van der Waals surface area (Å²) in [6, 6.07) is 5.74. The van der Waals surface area contributed by atoms with Crippen LogP contribution in [0.25, 0.3) is 11.2 Å². The highest BCUT2D eigenvalue weighted by atomic mass is 19.4. The van der Waals surface area contributed by atoms with Crippen LogP contribution in [0, 0.1) is 24.7 Å². The van der Waals surface area contributed by atoms with Crippen LogP contribution in [0.1, 0.15) is 78.3 Å². The monoisotopic (exact) mass is 591 g/mol. The first-order valence-corrected chi connectivity index (χ1v) is 15.1. The van der Waals surface area contributed by atoms with E-state index in [1.165, 1.54) is 12.3 Å². The number of hydrogen-bond donors (Lipinski definition) is 0. The normalized spacial score (nSPS) is 21.4. The number of hydrogen-bond acceptors (Lipinski definition) is 5. The predicted octanol–water partition coefficient (Wildman–Crippen LogP) is 6.28. The third-order valence-electron chi connectivity index (χ3n) is 9.25. The molecule has 1 saturated heterocycles. The van der Waals surface area contributed by atoms with Gasteiger partial charge in [-0.3, -0.25) is 24.0 Å². The molecule has 1 aromatic carbocycles. The summed E-state index contributed by atoms with van der Waals surface area (Å²) in [5, 5.41) is 0. The molecule has 1 amide bonds. The number of amides is 1. The van der Waals surface area contributed by atoms with Gasteiger partial charge in [0.25, 0.3) is 0 Å². The second kappa shape index (κ2) is 11.7. The van der Waals surface area contributed by atoms with Crippen molar-refractivity contribution in [1.82, 2.24) is 19.3 Å². The summed E-state index contributed by atoms with van der Waals surface area (Å²) in [4.78, 5) is 40.7. The highest BCUT2D eigenvalue weighted by Crippen LogP contribution is 2.34. The Kier molecular flexibility index (Phi) is 7.96. The standard InChI is InChI=1S/C33H36F3N5O2/c1-20-3-5-24(15-20)32(43)40-12-8-22(9-13-40)18-29(42)25-6-4-23(16-21(25)2)17-27-31-39-19-28(41(31)14-11-37-27)26-7-10-38-30(26)33(34,35)36/h4,6-7,11,14,16,19-20,22,24H,3,5,8-10,12-13,15,17-18H2,1-2H3/t20-,24-/m0/s1. The highest BCUT2D eigenvalue weighted by Gasteiger charge is 2.40. The minimum atomic E-state index is -4.54. The number of carbonyl (C=O) groups excluding carboxylic acids is 2. The van der Waals surface area contributed by atoms with E-state index in [2.05, 4.69) is 21.9 Å². The van der Waals surface area contributed by atoms with Gasteiger partial charge in [-0.15, -0.1) is 0 Å². The van der Waals surface area contributed by atoms with Gasteiger partial charge in [-0.25, -0.2) is 4.98 Å². The van der Waals surface area contributed by atoms with E-state index < -0.39 is 11.9 Å². The number of benzene rings is 1. The van der Waals surface area contributed by atoms with E-state index in [0.29, 0.717) is 47.3 Å². The van der Waals surface area contributed by atoms with Crippen molar-refractivity contribution < 1.29 is 22.8 Å². The Morgan fingerprint density at radius 3 is 2.56 bits per heavy atom. The van der Waals surface area contributed by atoms with E-state index in [9.17, 15) is 22.8 Å². The lowest BCUT2D eigenvalue weighted by Crippen LogP contribution is -2.41. The molecular weight excluding hydrogens is 555 g/mol. The molecule has 0 spiro atoms. The van der Waals surface area contributed by atoms with Gasteiger partial charge in [0.05, 0.1) is 24.1 Å². The van der Waals surface area contributed by atoms with Gasteiger partial charge in [-0.05, 0) is 62.0 Å². The molecule has 43 heavy (non-hydrogen) atoms. The summed E-state index contributed by atoms with van der Waals surface area (Å²) in [7, 11) is 0. The van der Waals surface area contributed by atoms with Crippen molar-refractivity contribution in [2.75, 3.05) is 19.6 Å². The average Bonchev–Trinajstić information content (AvgIpc) is 3.73. The number of aliphatic imine (C=N–C) groups is 1. The van der Waals surface area contributed by atoms with E-state index >= 15 is 0 Å². The fourth-order valence-electron chi connectivity index (χ4n) is 6.94. The number of imidazole rings is 1. The van der Waals surface area contributed by atoms with Crippen molar-refractivity contribution in [1.29, 1.82) is 0 Å². The molecule has 4 heterocycles. The molecule has 226 valence electrons. The Hall–Kier alpha value is -3.82. The first-order valence-electron chi connectivity index (χ1n) is 15.1. The lowest BCUT2D eigenvalue weighted by atomic mass is 9.88. The zero-order valence-electron chi connectivity index (χ0n) is 24.5. The van der Waals surface area contributed by atoms with Crippen molar-refractivity contribution >= 4 is 28.6 Å². The van der Waals surface area contributed by atoms with Crippen molar-refractivity contribution in [3.05, 3.63) is 70.9 Å². The average molecular weight is 592 g/mol. The Bertz CT molecular complexity index is 1610. The molecule has 0 N–H and O–H groups in total. The molecule has 0 bridgehead atoms. The molecule has 2 atom stereocenters. The summed E-state index contributed by atoms with van der Waals surface area (Å²) >= 11 is 0. The number of halogens is 3. The van der Waals surface area contributed by atoms with Gasteiger partial charge < -0.3 is 4.90 Å². The summed E-state index contributed by atoms with van der Waals surface area (Å²) in [5.41, 5.74) is 3.09. The van der Waals surface area contributed by atoms with E-state index in [0.717, 1.165) is 56.3 Å². The molecule has 2 aromatic heterocycles. The molecule has 3 aliphatic rings. The van der Waals surface area contributed by atoms with Gasteiger partial charge >= 0.3 is 6.18 Å². The highest BCUT2D eigenvalue weighted by molar-refractivity contribution is 6.27. The molecular formula is C33H36F3N5O2. The lowest BCUT2D eigenvalue weighted by molar-refractivity contribution is -0.136. The minimum absolute atomic E-state index is 0.0155. The van der Waals surface area contributed by atoms with Crippen LogP contribution in [0.4, 0.5) is 13.2 Å². The number of fused-ring (bicyclic) bond motifs is 1. The van der Waals surface area contributed by atoms with Crippen LogP contribution in [0.15, 0.2) is 47.9 Å². The maximum Gasteiger partial charge on any atom is 0.433 e. The number of likely N-dealkylation sites (tertiary alicyclic amines) is 1. The second-order valence-electron chi connectivity index (χ2n) is 12.4. The maximum atomic E-state index is 13.5. The van der Waals surface area contributed by atoms with Crippen molar-refractivity contribution in [3.63, 3.8) is 0 Å². The number of ketones is 1. The number of aryl methyl sites for hydroxylation is 1. The van der Waals surface area contributed by atoms with Gasteiger partial charge in [0.2, 0.25) is 5.91 Å². The lowest BCUT2D eigenvalue weighted by Gasteiger charge is -2.33.